The Bertz CT molecular complexity index is 304. The van der Waals surface area contributed by atoms with Gasteiger partial charge in [-0.05, 0) is 31.4 Å². The van der Waals surface area contributed by atoms with E-state index < -0.39 is 0 Å². The van der Waals surface area contributed by atoms with E-state index in [9.17, 15) is 0 Å². The van der Waals surface area contributed by atoms with E-state index in [1.807, 2.05) is 0 Å². The fourth-order valence-electron chi connectivity index (χ4n) is 2.53. The van der Waals surface area contributed by atoms with E-state index in [0.29, 0.717) is 0 Å². The average Bonchev–Trinajstić information content (AvgIpc) is 2.80. The van der Waals surface area contributed by atoms with Gasteiger partial charge in [0.15, 0.2) is 0 Å². The molecule has 0 heterocycles. The van der Waals surface area contributed by atoms with E-state index in [0.717, 1.165) is 18.8 Å². The molecule has 1 nitrogen and oxygen atoms in total. The molecule has 16 heavy (non-hydrogen) atoms. The Balaban J connectivity index is 1.79. The molecule has 0 radical (unpaired) electrons. The molecular formula is C14H20ClN. The molecular weight excluding hydrogens is 218 g/mol. The first kappa shape index (κ1) is 11.9. The maximum atomic E-state index is 6.08. The second-order valence-electron chi connectivity index (χ2n) is 4.78. The van der Waals surface area contributed by atoms with Gasteiger partial charge in [0.2, 0.25) is 0 Å². The standard InChI is InChI=1S/C14H20ClN/c15-12-14(9-4-5-10-14)16-11-8-13-6-2-1-3-7-13/h1-3,6-7,16H,4-5,8-12H2. The number of halogens is 1. The second-order valence-corrected chi connectivity index (χ2v) is 5.05. The second kappa shape index (κ2) is 5.70. The molecule has 1 N–H and O–H groups in total. The summed E-state index contributed by atoms with van der Waals surface area (Å²) < 4.78 is 0. The minimum absolute atomic E-state index is 0.232. The van der Waals surface area contributed by atoms with Gasteiger partial charge in [-0.2, -0.15) is 0 Å². The molecule has 1 fully saturated rings. The zero-order chi connectivity index (χ0) is 11.3. The van der Waals surface area contributed by atoms with Crippen LogP contribution in [0.25, 0.3) is 0 Å². The van der Waals surface area contributed by atoms with Crippen molar-refractivity contribution in [3.05, 3.63) is 35.9 Å². The van der Waals surface area contributed by atoms with Crippen LogP contribution in [0.2, 0.25) is 0 Å². The third kappa shape index (κ3) is 2.99. The summed E-state index contributed by atoms with van der Waals surface area (Å²) in [7, 11) is 0. The summed E-state index contributed by atoms with van der Waals surface area (Å²) in [6.45, 7) is 1.04. The lowest BCUT2D eigenvalue weighted by atomic mass is 10.00. The van der Waals surface area contributed by atoms with Crippen LogP contribution in [0.5, 0.6) is 0 Å². The highest BCUT2D eigenvalue weighted by molar-refractivity contribution is 6.18. The highest BCUT2D eigenvalue weighted by atomic mass is 35.5. The van der Waals surface area contributed by atoms with Crippen LogP contribution >= 0.6 is 11.6 Å². The molecule has 0 spiro atoms. The fraction of sp³-hybridized carbons (Fsp3) is 0.571. The van der Waals surface area contributed by atoms with Crippen LogP contribution in [0.3, 0.4) is 0 Å². The molecule has 1 aromatic carbocycles. The van der Waals surface area contributed by atoms with Gasteiger partial charge in [-0.15, -0.1) is 11.6 Å². The van der Waals surface area contributed by atoms with Crippen molar-refractivity contribution < 1.29 is 0 Å². The van der Waals surface area contributed by atoms with Gasteiger partial charge in [-0.3, -0.25) is 0 Å². The summed E-state index contributed by atoms with van der Waals surface area (Å²) in [5.74, 6) is 0.752. The van der Waals surface area contributed by atoms with Gasteiger partial charge in [0.1, 0.15) is 0 Å². The van der Waals surface area contributed by atoms with E-state index in [1.54, 1.807) is 0 Å². The van der Waals surface area contributed by atoms with E-state index in [4.69, 9.17) is 11.6 Å². The van der Waals surface area contributed by atoms with Crippen molar-refractivity contribution in [3.63, 3.8) is 0 Å². The Morgan fingerprint density at radius 1 is 1.12 bits per heavy atom. The maximum absolute atomic E-state index is 6.08. The van der Waals surface area contributed by atoms with E-state index >= 15 is 0 Å². The molecule has 0 unspecified atom stereocenters. The highest BCUT2D eigenvalue weighted by Gasteiger charge is 2.31. The SMILES string of the molecule is ClCC1(NCCc2ccccc2)CCCC1. The Kier molecular flexibility index (Phi) is 4.25. The molecule has 88 valence electrons. The predicted molar refractivity (Wildman–Crippen MR) is 70.1 cm³/mol. The number of alkyl halides is 1. The number of hydrogen-bond acceptors (Lipinski definition) is 1. The molecule has 0 aliphatic heterocycles. The molecule has 1 aromatic rings. The van der Waals surface area contributed by atoms with Crippen LogP contribution in [0, 0.1) is 0 Å². The van der Waals surface area contributed by atoms with Gasteiger partial charge in [0, 0.05) is 11.4 Å². The van der Waals surface area contributed by atoms with E-state index in [-0.39, 0.29) is 5.54 Å². The van der Waals surface area contributed by atoms with Crippen LogP contribution < -0.4 is 5.32 Å². The molecule has 1 saturated carbocycles. The van der Waals surface area contributed by atoms with Crippen molar-refractivity contribution in [3.8, 4) is 0 Å². The minimum Gasteiger partial charge on any atom is -0.310 e. The summed E-state index contributed by atoms with van der Waals surface area (Å²) in [5.41, 5.74) is 1.63. The van der Waals surface area contributed by atoms with Gasteiger partial charge < -0.3 is 5.32 Å². The third-order valence-electron chi connectivity index (χ3n) is 3.57. The molecule has 1 aliphatic carbocycles. The third-order valence-corrected chi connectivity index (χ3v) is 4.08. The molecule has 0 bridgehead atoms. The molecule has 1 aliphatic rings. The minimum atomic E-state index is 0.232. The molecule has 0 aromatic heterocycles. The number of nitrogens with one attached hydrogen (secondary N) is 1. The van der Waals surface area contributed by atoms with Gasteiger partial charge in [0.25, 0.3) is 0 Å². The summed E-state index contributed by atoms with van der Waals surface area (Å²) in [5, 5.41) is 3.66. The summed E-state index contributed by atoms with van der Waals surface area (Å²) in [6.07, 6.45) is 6.23. The lowest BCUT2D eigenvalue weighted by Crippen LogP contribution is -2.45. The average molecular weight is 238 g/mol. The summed E-state index contributed by atoms with van der Waals surface area (Å²) in [4.78, 5) is 0. The maximum Gasteiger partial charge on any atom is 0.0406 e. The van der Waals surface area contributed by atoms with Crippen LogP contribution in [-0.4, -0.2) is 18.0 Å². The molecule has 0 saturated heterocycles. The quantitative estimate of drug-likeness (QED) is 0.775. The van der Waals surface area contributed by atoms with Crippen LogP contribution in [0.15, 0.2) is 30.3 Å². The zero-order valence-corrected chi connectivity index (χ0v) is 10.5. The lowest BCUT2D eigenvalue weighted by molar-refractivity contribution is 0.373. The summed E-state index contributed by atoms with van der Waals surface area (Å²) >= 11 is 6.08. The highest BCUT2D eigenvalue weighted by Crippen LogP contribution is 2.30. The van der Waals surface area contributed by atoms with Crippen LogP contribution in [-0.2, 0) is 6.42 Å². The smallest absolute Gasteiger partial charge is 0.0406 e. The van der Waals surface area contributed by atoms with Crippen LogP contribution in [0.4, 0.5) is 0 Å². The van der Waals surface area contributed by atoms with Gasteiger partial charge in [-0.25, -0.2) is 0 Å². The molecule has 2 rings (SSSR count). The number of benzene rings is 1. The first-order chi connectivity index (χ1) is 7.85. The number of hydrogen-bond donors (Lipinski definition) is 1. The normalized spacial score (nSPS) is 18.8. The fourth-order valence-corrected chi connectivity index (χ4v) is 2.89. The topological polar surface area (TPSA) is 12.0 Å². The molecule has 0 amide bonds. The predicted octanol–water partition coefficient (Wildman–Crippen LogP) is 3.37. The van der Waals surface area contributed by atoms with Crippen molar-refractivity contribution >= 4 is 11.6 Å². The van der Waals surface area contributed by atoms with Crippen LogP contribution in [0.1, 0.15) is 31.2 Å². The van der Waals surface area contributed by atoms with Crippen molar-refractivity contribution in [1.82, 2.24) is 5.32 Å². The van der Waals surface area contributed by atoms with Gasteiger partial charge in [-0.1, -0.05) is 43.2 Å². The van der Waals surface area contributed by atoms with E-state index in [1.165, 1.54) is 31.2 Å². The van der Waals surface area contributed by atoms with Crippen molar-refractivity contribution in [2.75, 3.05) is 12.4 Å². The first-order valence-electron chi connectivity index (χ1n) is 6.20. The lowest BCUT2D eigenvalue weighted by Gasteiger charge is -2.28. The zero-order valence-electron chi connectivity index (χ0n) is 9.71. The Hall–Kier alpha value is -0.530. The first-order valence-corrected chi connectivity index (χ1v) is 6.73. The van der Waals surface area contributed by atoms with E-state index in [2.05, 4.69) is 35.6 Å². The largest absolute Gasteiger partial charge is 0.310 e. The van der Waals surface area contributed by atoms with Crippen molar-refractivity contribution in [2.45, 2.75) is 37.6 Å². The Morgan fingerprint density at radius 3 is 2.44 bits per heavy atom. The molecule has 0 atom stereocenters. The number of rotatable bonds is 5. The van der Waals surface area contributed by atoms with Gasteiger partial charge in [0.05, 0.1) is 0 Å². The Labute approximate surface area is 103 Å². The van der Waals surface area contributed by atoms with Crippen molar-refractivity contribution in [1.29, 1.82) is 0 Å². The Morgan fingerprint density at radius 2 is 1.81 bits per heavy atom. The van der Waals surface area contributed by atoms with Crippen molar-refractivity contribution in [2.24, 2.45) is 0 Å². The summed E-state index contributed by atoms with van der Waals surface area (Å²) in [6, 6.07) is 10.6. The van der Waals surface area contributed by atoms with Gasteiger partial charge >= 0.3 is 0 Å². The molecule has 2 heteroatoms. The monoisotopic (exact) mass is 237 g/mol.